The maximum absolute atomic E-state index is 12.9. The summed E-state index contributed by atoms with van der Waals surface area (Å²) in [6.45, 7) is 4.66. The normalized spacial score (nSPS) is 12.0. The number of aromatic nitrogens is 3. The number of hydrogen-bond acceptors (Lipinski definition) is 5. The third-order valence-corrected chi connectivity index (χ3v) is 5.85. The van der Waals surface area contributed by atoms with Gasteiger partial charge in [0.1, 0.15) is 5.82 Å². The van der Waals surface area contributed by atoms with Crippen molar-refractivity contribution in [1.29, 1.82) is 0 Å². The van der Waals surface area contributed by atoms with E-state index in [0.717, 1.165) is 29.9 Å². The molecular weight excluding hydrogens is 523 g/mol. The average Bonchev–Trinajstić information content (AvgIpc) is 3.28. The number of benzene rings is 2. The number of amides is 1. The van der Waals surface area contributed by atoms with Gasteiger partial charge in [0.15, 0.2) is 0 Å². The topological polar surface area (TPSA) is 100 Å². The van der Waals surface area contributed by atoms with Gasteiger partial charge in [0.2, 0.25) is 5.82 Å². The standard InChI is InChI=1S/C24H30ClN5O.C2HF3O2/c1-5-9-22-27-23(28-30(22)20-11-8-7-10-19(20)25)24(31)26-16-21(29(3)4)18-14-12-17(6-2)13-15-18;3-2(4,5)1(6)7/h7-8,10-15,21H,5-6,9,16H2,1-4H3,(H,26,31);(H,6,7). The molecule has 2 aromatic carbocycles. The van der Waals surface area contributed by atoms with Crippen molar-refractivity contribution in [3.05, 3.63) is 76.3 Å². The number of carbonyl (C=O) groups is 2. The molecule has 0 aliphatic carbocycles. The molecule has 1 heterocycles. The predicted molar refractivity (Wildman–Crippen MR) is 139 cm³/mol. The quantitative estimate of drug-likeness (QED) is 0.382. The van der Waals surface area contributed by atoms with E-state index in [4.69, 9.17) is 21.5 Å². The van der Waals surface area contributed by atoms with E-state index in [1.807, 2.05) is 32.3 Å². The maximum atomic E-state index is 12.9. The van der Waals surface area contributed by atoms with E-state index in [-0.39, 0.29) is 17.8 Å². The largest absolute Gasteiger partial charge is 0.490 e. The summed E-state index contributed by atoms with van der Waals surface area (Å²) in [6.07, 6.45) is -2.49. The van der Waals surface area contributed by atoms with Gasteiger partial charge >= 0.3 is 12.1 Å². The zero-order chi connectivity index (χ0) is 28.5. The highest BCUT2D eigenvalue weighted by Crippen LogP contribution is 2.22. The number of rotatable bonds is 9. The van der Waals surface area contributed by atoms with Crippen molar-refractivity contribution in [2.45, 2.75) is 45.3 Å². The second-order valence-corrected chi connectivity index (χ2v) is 8.96. The van der Waals surface area contributed by atoms with Crippen LogP contribution in [0.2, 0.25) is 5.02 Å². The van der Waals surface area contributed by atoms with Crippen molar-refractivity contribution in [1.82, 2.24) is 25.0 Å². The van der Waals surface area contributed by atoms with Gasteiger partial charge in [-0.05, 0) is 50.2 Å². The molecule has 3 rings (SSSR count). The van der Waals surface area contributed by atoms with Crippen LogP contribution in [0.4, 0.5) is 13.2 Å². The molecule has 0 aliphatic rings. The molecule has 1 atom stereocenters. The van der Waals surface area contributed by atoms with Gasteiger partial charge in [0, 0.05) is 13.0 Å². The zero-order valence-electron chi connectivity index (χ0n) is 21.6. The summed E-state index contributed by atoms with van der Waals surface area (Å²) in [5, 5.41) is 15.2. The van der Waals surface area contributed by atoms with Crippen LogP contribution >= 0.6 is 11.6 Å². The lowest BCUT2D eigenvalue weighted by atomic mass is 10.0. The summed E-state index contributed by atoms with van der Waals surface area (Å²) in [4.78, 5) is 28.4. The van der Waals surface area contributed by atoms with Gasteiger partial charge in [-0.25, -0.2) is 14.5 Å². The Balaban J connectivity index is 0.000000638. The number of carboxylic acids is 1. The van der Waals surface area contributed by atoms with Crippen LogP contribution in [0.5, 0.6) is 0 Å². The van der Waals surface area contributed by atoms with Gasteiger partial charge in [-0.15, -0.1) is 5.10 Å². The second kappa shape index (κ2) is 13.9. The first kappa shape index (κ1) is 30.8. The van der Waals surface area contributed by atoms with Gasteiger partial charge in [-0.3, -0.25) is 4.79 Å². The Kier molecular flexibility index (Phi) is 11.3. The molecule has 1 unspecified atom stereocenters. The van der Waals surface area contributed by atoms with Crippen molar-refractivity contribution in [2.75, 3.05) is 20.6 Å². The highest BCUT2D eigenvalue weighted by atomic mass is 35.5. The van der Waals surface area contributed by atoms with Crippen molar-refractivity contribution < 1.29 is 27.9 Å². The van der Waals surface area contributed by atoms with Gasteiger partial charge in [-0.2, -0.15) is 13.2 Å². The molecule has 0 spiro atoms. The predicted octanol–water partition coefficient (Wildman–Crippen LogP) is 5.10. The summed E-state index contributed by atoms with van der Waals surface area (Å²) in [5.74, 6) is -2.17. The van der Waals surface area contributed by atoms with Crippen LogP contribution in [0, 0.1) is 0 Å². The summed E-state index contributed by atoms with van der Waals surface area (Å²) in [5.41, 5.74) is 3.17. The molecule has 0 fully saturated rings. The molecule has 2 N–H and O–H groups in total. The first-order valence-electron chi connectivity index (χ1n) is 11.9. The number of aryl methyl sites for hydroxylation is 2. The third kappa shape index (κ3) is 8.56. The van der Waals surface area contributed by atoms with E-state index in [2.05, 4.69) is 58.4 Å². The van der Waals surface area contributed by atoms with Crippen LogP contribution in [0.3, 0.4) is 0 Å². The molecule has 0 saturated carbocycles. The Hall–Kier alpha value is -3.44. The van der Waals surface area contributed by atoms with Gasteiger partial charge < -0.3 is 15.3 Å². The lowest BCUT2D eigenvalue weighted by molar-refractivity contribution is -0.192. The van der Waals surface area contributed by atoms with Gasteiger partial charge in [-0.1, -0.05) is 61.8 Å². The van der Waals surface area contributed by atoms with Crippen LogP contribution in [0.15, 0.2) is 48.5 Å². The Morgan fingerprint density at radius 3 is 2.21 bits per heavy atom. The summed E-state index contributed by atoms with van der Waals surface area (Å²) in [6, 6.07) is 16.0. The maximum Gasteiger partial charge on any atom is 0.490 e. The molecule has 3 aromatic rings. The first-order valence-corrected chi connectivity index (χ1v) is 12.3. The van der Waals surface area contributed by atoms with Crippen molar-refractivity contribution in [2.24, 2.45) is 0 Å². The van der Waals surface area contributed by atoms with Crippen LogP contribution in [0.1, 0.15) is 53.9 Å². The number of carboxylic acid groups (broad SMARTS) is 1. The second-order valence-electron chi connectivity index (χ2n) is 8.55. The van der Waals surface area contributed by atoms with Crippen LogP contribution in [-0.4, -0.2) is 63.5 Å². The van der Waals surface area contributed by atoms with Crippen molar-refractivity contribution in [3.8, 4) is 5.69 Å². The number of nitrogens with one attached hydrogen (secondary N) is 1. The van der Waals surface area contributed by atoms with Crippen molar-refractivity contribution in [3.63, 3.8) is 0 Å². The van der Waals surface area contributed by atoms with Crippen molar-refractivity contribution >= 4 is 23.5 Å². The average molecular weight is 554 g/mol. The van der Waals surface area contributed by atoms with Gasteiger partial charge in [0.25, 0.3) is 5.91 Å². The lowest BCUT2D eigenvalue weighted by Crippen LogP contribution is -2.35. The van der Waals surface area contributed by atoms with E-state index in [1.54, 1.807) is 10.7 Å². The third-order valence-electron chi connectivity index (χ3n) is 5.53. The SMILES string of the molecule is CCCc1nc(C(=O)NCC(c2ccc(CC)cc2)N(C)C)nn1-c1ccccc1Cl.O=C(O)C(F)(F)F. The molecule has 0 aliphatic heterocycles. The highest BCUT2D eigenvalue weighted by molar-refractivity contribution is 6.32. The fourth-order valence-corrected chi connectivity index (χ4v) is 3.70. The number of hydrogen-bond donors (Lipinski definition) is 2. The smallest absolute Gasteiger partial charge is 0.475 e. The van der Waals surface area contributed by atoms with E-state index < -0.39 is 12.1 Å². The fraction of sp³-hybridized carbons (Fsp3) is 0.385. The minimum atomic E-state index is -5.08. The molecular formula is C26H31ClF3N5O3. The molecule has 0 radical (unpaired) electrons. The number of aliphatic carboxylic acids is 1. The number of halogens is 4. The Labute approximate surface area is 224 Å². The minimum Gasteiger partial charge on any atom is -0.475 e. The Morgan fingerprint density at radius 2 is 1.71 bits per heavy atom. The van der Waals surface area contributed by atoms with E-state index in [1.165, 1.54) is 5.56 Å². The molecule has 38 heavy (non-hydrogen) atoms. The molecule has 0 bridgehead atoms. The summed E-state index contributed by atoms with van der Waals surface area (Å²) >= 11 is 6.35. The number of carbonyl (C=O) groups excluding carboxylic acids is 1. The molecule has 0 saturated heterocycles. The fourth-order valence-electron chi connectivity index (χ4n) is 3.48. The Morgan fingerprint density at radius 1 is 1.11 bits per heavy atom. The summed E-state index contributed by atoms with van der Waals surface area (Å²) < 4.78 is 33.4. The molecule has 1 amide bonds. The lowest BCUT2D eigenvalue weighted by Gasteiger charge is -2.25. The zero-order valence-corrected chi connectivity index (χ0v) is 22.3. The Bertz CT molecular complexity index is 1210. The molecule has 8 nitrogen and oxygen atoms in total. The molecule has 206 valence electrons. The van der Waals surface area contributed by atoms with Crippen LogP contribution in [0.25, 0.3) is 5.69 Å². The number of nitrogens with zero attached hydrogens (tertiary/aromatic N) is 4. The van der Waals surface area contributed by atoms with Gasteiger partial charge in [0.05, 0.1) is 16.8 Å². The van der Waals surface area contributed by atoms with Crippen LogP contribution in [-0.2, 0) is 17.6 Å². The molecule has 12 heteroatoms. The number of para-hydroxylation sites is 1. The minimum absolute atomic E-state index is 0.0515. The van der Waals surface area contributed by atoms with E-state index in [0.29, 0.717) is 18.0 Å². The van der Waals surface area contributed by atoms with E-state index in [9.17, 15) is 18.0 Å². The van der Waals surface area contributed by atoms with E-state index >= 15 is 0 Å². The summed E-state index contributed by atoms with van der Waals surface area (Å²) in [7, 11) is 4.02. The van der Waals surface area contributed by atoms with Crippen LogP contribution < -0.4 is 5.32 Å². The number of likely N-dealkylation sites (N-methyl/N-ethyl adjacent to an activating group) is 1. The first-order chi connectivity index (χ1) is 17.9. The highest BCUT2D eigenvalue weighted by Gasteiger charge is 2.38. The molecule has 1 aromatic heterocycles. The number of alkyl halides is 3. The monoisotopic (exact) mass is 553 g/mol.